The van der Waals surface area contributed by atoms with Crippen molar-refractivity contribution in [1.82, 2.24) is 9.97 Å². The number of rotatable bonds is 6. The molecule has 1 aromatic rings. The minimum atomic E-state index is -0.372. The molecule has 6 nitrogen and oxygen atoms in total. The maximum atomic E-state index is 9.49. The highest BCUT2D eigenvalue weighted by Gasteiger charge is 2.26. The fourth-order valence-electron chi connectivity index (χ4n) is 1.47. The van der Waals surface area contributed by atoms with Crippen LogP contribution in [0.2, 0.25) is 0 Å². The second-order valence-electron chi connectivity index (χ2n) is 3.81. The van der Waals surface area contributed by atoms with Crippen LogP contribution in [0.15, 0.2) is 10.7 Å². The van der Waals surface area contributed by atoms with Crippen molar-refractivity contribution in [3.63, 3.8) is 0 Å². The van der Waals surface area contributed by atoms with E-state index in [-0.39, 0.29) is 12.1 Å². The van der Waals surface area contributed by atoms with Crippen molar-refractivity contribution >= 4 is 27.7 Å². The Bertz CT molecular complexity index is 361. The normalized spacial score (nSPS) is 11.4. The SMILES string of the molecule is CCC(CC)(CO)Nc1nc(NN)ncc1Br. The summed E-state index contributed by atoms with van der Waals surface area (Å²) < 4.78 is 0.733. The number of nitrogen functional groups attached to an aromatic ring is 1. The summed E-state index contributed by atoms with van der Waals surface area (Å²) in [4.78, 5) is 8.17. The minimum Gasteiger partial charge on any atom is -0.394 e. The molecule has 17 heavy (non-hydrogen) atoms. The first-order valence-corrected chi connectivity index (χ1v) is 6.28. The van der Waals surface area contributed by atoms with E-state index in [1.807, 2.05) is 13.8 Å². The summed E-state index contributed by atoms with van der Waals surface area (Å²) >= 11 is 3.36. The van der Waals surface area contributed by atoms with Crippen molar-refractivity contribution < 1.29 is 5.11 Å². The van der Waals surface area contributed by atoms with E-state index >= 15 is 0 Å². The number of aliphatic hydroxyl groups excluding tert-OH is 1. The van der Waals surface area contributed by atoms with Gasteiger partial charge in [-0.2, -0.15) is 4.98 Å². The molecule has 0 spiro atoms. The van der Waals surface area contributed by atoms with Crippen molar-refractivity contribution in [1.29, 1.82) is 0 Å². The van der Waals surface area contributed by atoms with Gasteiger partial charge in [-0.25, -0.2) is 10.8 Å². The second kappa shape index (κ2) is 6.13. The lowest BCUT2D eigenvalue weighted by Crippen LogP contribution is -2.41. The quantitative estimate of drug-likeness (QED) is 0.470. The molecule has 0 fully saturated rings. The molecule has 96 valence electrons. The number of nitrogens with zero attached hydrogens (tertiary/aromatic N) is 2. The van der Waals surface area contributed by atoms with Gasteiger partial charge < -0.3 is 10.4 Å². The zero-order valence-electron chi connectivity index (χ0n) is 10.00. The summed E-state index contributed by atoms with van der Waals surface area (Å²) in [5.74, 6) is 6.21. The molecule has 0 aromatic carbocycles. The molecule has 0 amide bonds. The number of nitrogens with one attached hydrogen (secondary N) is 2. The monoisotopic (exact) mass is 303 g/mol. The summed E-state index contributed by atoms with van der Waals surface area (Å²) in [6, 6.07) is 0. The van der Waals surface area contributed by atoms with E-state index in [0.29, 0.717) is 11.8 Å². The molecule has 5 N–H and O–H groups in total. The zero-order chi connectivity index (χ0) is 12.9. The van der Waals surface area contributed by atoms with Crippen LogP contribution in [0.3, 0.4) is 0 Å². The molecule has 0 radical (unpaired) electrons. The van der Waals surface area contributed by atoms with Crippen LogP contribution in [0.25, 0.3) is 0 Å². The van der Waals surface area contributed by atoms with Gasteiger partial charge in [0, 0.05) is 6.20 Å². The fraction of sp³-hybridized carbons (Fsp3) is 0.600. The Labute approximate surface area is 109 Å². The zero-order valence-corrected chi connectivity index (χ0v) is 11.6. The molecule has 0 bridgehead atoms. The lowest BCUT2D eigenvalue weighted by atomic mass is 9.94. The van der Waals surface area contributed by atoms with Crippen LogP contribution < -0.4 is 16.6 Å². The predicted molar refractivity (Wildman–Crippen MR) is 71.6 cm³/mol. The van der Waals surface area contributed by atoms with Gasteiger partial charge in [-0.15, -0.1) is 0 Å². The van der Waals surface area contributed by atoms with Gasteiger partial charge in [-0.1, -0.05) is 13.8 Å². The molecule has 0 aliphatic heterocycles. The van der Waals surface area contributed by atoms with Crippen molar-refractivity contribution in [3.8, 4) is 0 Å². The topological polar surface area (TPSA) is 96.1 Å². The summed E-state index contributed by atoms with van der Waals surface area (Å²) in [6.07, 6.45) is 3.20. The van der Waals surface area contributed by atoms with Crippen molar-refractivity contribution in [2.75, 3.05) is 17.3 Å². The van der Waals surface area contributed by atoms with Crippen LogP contribution in [0.5, 0.6) is 0 Å². The molecule has 7 heteroatoms. The Kier molecular flexibility index (Phi) is 5.10. The number of hydrogen-bond donors (Lipinski definition) is 4. The van der Waals surface area contributed by atoms with Gasteiger partial charge in [-0.05, 0) is 28.8 Å². The fourth-order valence-corrected chi connectivity index (χ4v) is 1.76. The Hall–Kier alpha value is -0.920. The number of halogens is 1. The van der Waals surface area contributed by atoms with E-state index in [1.54, 1.807) is 6.20 Å². The highest BCUT2D eigenvalue weighted by molar-refractivity contribution is 9.10. The van der Waals surface area contributed by atoms with Gasteiger partial charge in [0.25, 0.3) is 0 Å². The maximum Gasteiger partial charge on any atom is 0.239 e. The van der Waals surface area contributed by atoms with E-state index in [2.05, 4.69) is 36.6 Å². The molecule has 0 saturated heterocycles. The first-order valence-electron chi connectivity index (χ1n) is 5.49. The standard InChI is InChI=1S/C10H18BrN5O/c1-3-10(4-2,6-17)15-8-7(11)5-13-9(14-8)16-12/h5,17H,3-4,6,12H2,1-2H3,(H2,13,14,15,16). The van der Waals surface area contributed by atoms with Gasteiger partial charge in [0.2, 0.25) is 5.95 Å². The molecule has 0 aliphatic carbocycles. The molecule has 1 heterocycles. The highest BCUT2D eigenvalue weighted by atomic mass is 79.9. The number of hydrogen-bond acceptors (Lipinski definition) is 6. The smallest absolute Gasteiger partial charge is 0.239 e. The third-order valence-electron chi connectivity index (χ3n) is 2.91. The lowest BCUT2D eigenvalue weighted by molar-refractivity contribution is 0.202. The van der Waals surface area contributed by atoms with Crippen molar-refractivity contribution in [2.24, 2.45) is 5.84 Å². The molecule has 0 atom stereocenters. The van der Waals surface area contributed by atoms with E-state index < -0.39 is 0 Å². The Morgan fingerprint density at radius 2 is 2.12 bits per heavy atom. The van der Waals surface area contributed by atoms with Crippen LogP contribution in [-0.4, -0.2) is 27.2 Å². The first-order chi connectivity index (χ1) is 8.10. The summed E-state index contributed by atoms with van der Waals surface area (Å²) in [7, 11) is 0. The Morgan fingerprint density at radius 3 is 2.59 bits per heavy atom. The van der Waals surface area contributed by atoms with Gasteiger partial charge >= 0.3 is 0 Å². The number of anilines is 2. The van der Waals surface area contributed by atoms with Gasteiger partial charge in [0.15, 0.2) is 0 Å². The van der Waals surface area contributed by atoms with Gasteiger partial charge in [-0.3, -0.25) is 5.43 Å². The van der Waals surface area contributed by atoms with Crippen molar-refractivity contribution in [2.45, 2.75) is 32.2 Å². The molecular weight excluding hydrogens is 286 g/mol. The number of hydrazine groups is 1. The van der Waals surface area contributed by atoms with Crippen LogP contribution in [0.4, 0.5) is 11.8 Å². The summed E-state index contributed by atoms with van der Waals surface area (Å²) in [6.45, 7) is 4.08. The van der Waals surface area contributed by atoms with Crippen LogP contribution in [-0.2, 0) is 0 Å². The van der Waals surface area contributed by atoms with Crippen molar-refractivity contribution in [3.05, 3.63) is 10.7 Å². The molecular formula is C10H18BrN5O. The average molecular weight is 304 g/mol. The Morgan fingerprint density at radius 1 is 1.47 bits per heavy atom. The summed E-state index contributed by atoms with van der Waals surface area (Å²) in [5, 5.41) is 12.7. The number of aliphatic hydroxyl groups is 1. The highest BCUT2D eigenvalue weighted by Crippen LogP contribution is 2.26. The van der Waals surface area contributed by atoms with E-state index in [9.17, 15) is 5.11 Å². The third kappa shape index (κ3) is 3.27. The summed E-state index contributed by atoms with van der Waals surface area (Å²) in [5.41, 5.74) is 2.02. The van der Waals surface area contributed by atoms with E-state index in [4.69, 9.17) is 5.84 Å². The van der Waals surface area contributed by atoms with Gasteiger partial charge in [0.05, 0.1) is 16.6 Å². The minimum absolute atomic E-state index is 0.0435. The molecule has 0 unspecified atom stereocenters. The first kappa shape index (κ1) is 14.1. The number of nitrogens with two attached hydrogens (primary N) is 1. The van der Waals surface area contributed by atoms with E-state index in [0.717, 1.165) is 17.3 Å². The predicted octanol–water partition coefficient (Wildman–Crippen LogP) is 1.49. The molecule has 0 aliphatic rings. The third-order valence-corrected chi connectivity index (χ3v) is 3.49. The second-order valence-corrected chi connectivity index (χ2v) is 4.66. The molecule has 0 saturated carbocycles. The maximum absolute atomic E-state index is 9.49. The Balaban J connectivity index is 2.99. The number of aromatic nitrogens is 2. The van der Waals surface area contributed by atoms with Gasteiger partial charge in [0.1, 0.15) is 5.82 Å². The van der Waals surface area contributed by atoms with E-state index in [1.165, 1.54) is 0 Å². The average Bonchev–Trinajstić information content (AvgIpc) is 2.38. The molecule has 1 rings (SSSR count). The lowest BCUT2D eigenvalue weighted by Gasteiger charge is -2.31. The largest absolute Gasteiger partial charge is 0.394 e. The molecule has 1 aromatic heterocycles. The van der Waals surface area contributed by atoms with Crippen LogP contribution >= 0.6 is 15.9 Å². The van der Waals surface area contributed by atoms with Crippen LogP contribution in [0, 0.1) is 0 Å². The van der Waals surface area contributed by atoms with Crippen LogP contribution in [0.1, 0.15) is 26.7 Å².